The summed E-state index contributed by atoms with van der Waals surface area (Å²) in [6, 6.07) is 29.2. The van der Waals surface area contributed by atoms with E-state index in [2.05, 4.69) is 11.7 Å². The fourth-order valence-electron chi connectivity index (χ4n) is 3.07. The minimum atomic E-state index is -0.107. The van der Waals surface area contributed by atoms with Crippen LogP contribution in [0.15, 0.2) is 102 Å². The largest absolute Gasteiger partial charge is 0.290 e. The molecule has 1 N–H and O–H groups in total. The maximum absolute atomic E-state index is 13.2. The number of hydrogen-bond acceptors (Lipinski definition) is 1. The first-order valence-corrected chi connectivity index (χ1v) is 8.46. The van der Waals surface area contributed by atoms with Gasteiger partial charge in [0.15, 0.2) is 0 Å². The molecule has 0 amide bonds. The van der Waals surface area contributed by atoms with Gasteiger partial charge in [0, 0.05) is 5.56 Å². The first kappa shape index (κ1) is 15.9. The topological polar surface area (TPSA) is 37.8 Å². The normalized spacial score (nSPS) is 10.6. The van der Waals surface area contributed by atoms with E-state index in [9.17, 15) is 4.79 Å². The molecule has 3 nitrogen and oxygen atoms in total. The van der Waals surface area contributed by atoms with Gasteiger partial charge in [-0.3, -0.25) is 9.89 Å². The molecule has 0 saturated carbocycles. The molecule has 26 heavy (non-hydrogen) atoms. The Labute approximate surface area is 151 Å². The number of benzene rings is 3. The van der Waals surface area contributed by atoms with Crippen molar-refractivity contribution in [1.82, 2.24) is 9.78 Å². The van der Waals surface area contributed by atoms with E-state index in [0.717, 1.165) is 22.5 Å². The van der Waals surface area contributed by atoms with Crippen molar-refractivity contribution < 1.29 is 0 Å². The SMILES string of the molecule is C=C(c1ccccc1)c1c(-c2ccccc2)[nH]n(-c2ccccc2)c1=O. The average Bonchev–Trinajstić information content (AvgIpc) is 3.06. The zero-order valence-electron chi connectivity index (χ0n) is 14.2. The second kappa shape index (κ2) is 6.73. The predicted octanol–water partition coefficient (Wildman–Crippen LogP) is 4.89. The van der Waals surface area contributed by atoms with Crippen LogP contribution in [0.1, 0.15) is 11.1 Å². The average molecular weight is 338 g/mol. The summed E-state index contributed by atoms with van der Waals surface area (Å²) in [6.07, 6.45) is 0. The van der Waals surface area contributed by atoms with Crippen molar-refractivity contribution in [3.63, 3.8) is 0 Å². The van der Waals surface area contributed by atoms with Crippen molar-refractivity contribution in [3.05, 3.63) is 119 Å². The lowest BCUT2D eigenvalue weighted by Gasteiger charge is -2.06. The molecule has 0 aliphatic rings. The Balaban J connectivity index is 1.96. The summed E-state index contributed by atoms with van der Waals surface area (Å²) in [4.78, 5) is 13.2. The number of hydrogen-bond donors (Lipinski definition) is 1. The molecule has 0 fully saturated rings. The molecular formula is C23H18N2O. The Morgan fingerprint density at radius 1 is 0.769 bits per heavy atom. The molecular weight excluding hydrogens is 320 g/mol. The third-order valence-corrected chi connectivity index (χ3v) is 4.39. The third-order valence-electron chi connectivity index (χ3n) is 4.39. The first-order chi connectivity index (χ1) is 12.8. The molecule has 4 rings (SSSR count). The molecule has 0 aliphatic carbocycles. The summed E-state index contributed by atoms with van der Waals surface area (Å²) in [7, 11) is 0. The molecule has 4 aromatic rings. The highest BCUT2D eigenvalue weighted by molar-refractivity contribution is 5.86. The van der Waals surface area contributed by atoms with Crippen molar-refractivity contribution in [2.24, 2.45) is 0 Å². The van der Waals surface area contributed by atoms with E-state index in [-0.39, 0.29) is 5.56 Å². The lowest BCUT2D eigenvalue weighted by Crippen LogP contribution is -2.17. The van der Waals surface area contributed by atoms with E-state index in [0.29, 0.717) is 11.1 Å². The predicted molar refractivity (Wildman–Crippen MR) is 106 cm³/mol. The molecule has 0 aliphatic heterocycles. The fraction of sp³-hybridized carbons (Fsp3) is 0. The number of rotatable bonds is 4. The highest BCUT2D eigenvalue weighted by Crippen LogP contribution is 2.28. The zero-order chi connectivity index (χ0) is 17.9. The van der Waals surface area contributed by atoms with Crippen LogP contribution in [0.3, 0.4) is 0 Å². The molecule has 1 aromatic heterocycles. The minimum Gasteiger partial charge on any atom is -0.290 e. The van der Waals surface area contributed by atoms with E-state index < -0.39 is 0 Å². The summed E-state index contributed by atoms with van der Waals surface area (Å²) < 4.78 is 1.58. The van der Waals surface area contributed by atoms with Crippen LogP contribution in [0.5, 0.6) is 0 Å². The smallest absolute Gasteiger partial charge is 0.279 e. The van der Waals surface area contributed by atoms with Crippen LogP contribution in [-0.2, 0) is 0 Å². The van der Waals surface area contributed by atoms with Crippen LogP contribution >= 0.6 is 0 Å². The van der Waals surface area contributed by atoms with Crippen molar-refractivity contribution >= 4 is 5.57 Å². The Hall–Kier alpha value is -3.59. The number of nitrogens with zero attached hydrogens (tertiary/aromatic N) is 1. The number of H-pyrrole nitrogens is 1. The number of para-hydroxylation sites is 1. The van der Waals surface area contributed by atoms with E-state index in [1.165, 1.54) is 0 Å². The van der Waals surface area contributed by atoms with Crippen LogP contribution in [-0.4, -0.2) is 9.78 Å². The van der Waals surface area contributed by atoms with Crippen LogP contribution in [0, 0.1) is 0 Å². The van der Waals surface area contributed by atoms with E-state index in [1.54, 1.807) is 4.68 Å². The van der Waals surface area contributed by atoms with Crippen LogP contribution in [0.4, 0.5) is 0 Å². The Bertz CT molecular complexity index is 1090. The number of aromatic nitrogens is 2. The maximum atomic E-state index is 13.2. The summed E-state index contributed by atoms with van der Waals surface area (Å²) in [6.45, 7) is 4.22. The van der Waals surface area contributed by atoms with Gasteiger partial charge in [-0.2, -0.15) is 0 Å². The summed E-state index contributed by atoms with van der Waals surface area (Å²) in [5.74, 6) is 0. The molecule has 0 bridgehead atoms. The summed E-state index contributed by atoms with van der Waals surface area (Å²) >= 11 is 0. The summed E-state index contributed by atoms with van der Waals surface area (Å²) in [5.41, 5.74) is 4.64. The standard InChI is InChI=1S/C23H18N2O/c1-17(18-11-5-2-6-12-18)21-22(19-13-7-3-8-14-19)24-25(23(21)26)20-15-9-4-10-16-20/h2-16,24H,1H2. The Kier molecular flexibility index (Phi) is 4.12. The van der Waals surface area contributed by atoms with Gasteiger partial charge in [0.25, 0.3) is 5.56 Å². The van der Waals surface area contributed by atoms with Crippen molar-refractivity contribution in [2.45, 2.75) is 0 Å². The van der Waals surface area contributed by atoms with Gasteiger partial charge in [-0.25, -0.2) is 4.68 Å². The van der Waals surface area contributed by atoms with Crippen LogP contribution in [0.2, 0.25) is 0 Å². The van der Waals surface area contributed by atoms with Crippen molar-refractivity contribution in [3.8, 4) is 16.9 Å². The molecule has 0 spiro atoms. The highest BCUT2D eigenvalue weighted by Gasteiger charge is 2.19. The molecule has 0 radical (unpaired) electrons. The van der Waals surface area contributed by atoms with E-state index in [1.807, 2.05) is 91.0 Å². The number of nitrogens with one attached hydrogen (secondary N) is 1. The lowest BCUT2D eigenvalue weighted by atomic mass is 9.97. The van der Waals surface area contributed by atoms with Gasteiger partial charge in [0.2, 0.25) is 0 Å². The molecule has 3 aromatic carbocycles. The Morgan fingerprint density at radius 3 is 1.92 bits per heavy atom. The third kappa shape index (κ3) is 2.80. The van der Waals surface area contributed by atoms with E-state index in [4.69, 9.17) is 0 Å². The first-order valence-electron chi connectivity index (χ1n) is 8.46. The van der Waals surface area contributed by atoms with Gasteiger partial charge in [-0.1, -0.05) is 85.4 Å². The fourth-order valence-corrected chi connectivity index (χ4v) is 3.07. The quantitative estimate of drug-likeness (QED) is 0.565. The molecule has 1 heterocycles. The van der Waals surface area contributed by atoms with E-state index >= 15 is 0 Å². The van der Waals surface area contributed by atoms with Gasteiger partial charge in [0.1, 0.15) is 0 Å². The van der Waals surface area contributed by atoms with Crippen LogP contribution < -0.4 is 5.56 Å². The number of aromatic amines is 1. The second-order valence-corrected chi connectivity index (χ2v) is 6.05. The molecule has 0 atom stereocenters. The van der Waals surface area contributed by atoms with Crippen LogP contribution in [0.25, 0.3) is 22.5 Å². The van der Waals surface area contributed by atoms with Gasteiger partial charge in [-0.15, -0.1) is 0 Å². The molecule has 3 heteroatoms. The second-order valence-electron chi connectivity index (χ2n) is 6.05. The lowest BCUT2D eigenvalue weighted by molar-refractivity contribution is 0.852. The van der Waals surface area contributed by atoms with Crippen molar-refractivity contribution in [1.29, 1.82) is 0 Å². The van der Waals surface area contributed by atoms with Crippen molar-refractivity contribution in [2.75, 3.05) is 0 Å². The highest BCUT2D eigenvalue weighted by atomic mass is 16.1. The van der Waals surface area contributed by atoms with Gasteiger partial charge in [0.05, 0.1) is 16.9 Å². The molecule has 126 valence electrons. The zero-order valence-corrected chi connectivity index (χ0v) is 14.2. The molecule has 0 unspecified atom stereocenters. The molecule has 0 saturated heterocycles. The van der Waals surface area contributed by atoms with Gasteiger partial charge in [-0.05, 0) is 23.3 Å². The summed E-state index contributed by atoms with van der Waals surface area (Å²) in [5, 5.41) is 3.28. The van der Waals surface area contributed by atoms with Gasteiger partial charge < -0.3 is 0 Å². The Morgan fingerprint density at radius 2 is 1.31 bits per heavy atom. The monoisotopic (exact) mass is 338 g/mol. The maximum Gasteiger partial charge on any atom is 0.279 e. The van der Waals surface area contributed by atoms with Gasteiger partial charge >= 0.3 is 0 Å². The minimum absolute atomic E-state index is 0.107.